The maximum Gasteiger partial charge on any atom is 0.269 e. The summed E-state index contributed by atoms with van der Waals surface area (Å²) in [6, 6.07) is 15.0. The normalized spacial score (nSPS) is 18.7. The van der Waals surface area contributed by atoms with Crippen LogP contribution in [0.4, 0.5) is 5.69 Å². The van der Waals surface area contributed by atoms with Crippen molar-refractivity contribution < 1.29 is 14.5 Å². The van der Waals surface area contributed by atoms with Crippen LogP contribution in [0.2, 0.25) is 0 Å². The lowest BCUT2D eigenvalue weighted by Crippen LogP contribution is -2.38. The predicted octanol–water partition coefficient (Wildman–Crippen LogP) is 4.32. The van der Waals surface area contributed by atoms with Gasteiger partial charge in [0.25, 0.3) is 5.69 Å². The smallest absolute Gasteiger partial charge is 0.269 e. The second-order valence-corrected chi connectivity index (χ2v) is 9.08. The van der Waals surface area contributed by atoms with Crippen LogP contribution in [0.25, 0.3) is 0 Å². The summed E-state index contributed by atoms with van der Waals surface area (Å²) in [6.45, 7) is 9.82. The number of hydrogen-bond donors (Lipinski definition) is 0. The van der Waals surface area contributed by atoms with Gasteiger partial charge in [-0.3, -0.25) is 19.8 Å². The molecule has 32 heavy (non-hydrogen) atoms. The number of nitro groups is 1. The fourth-order valence-corrected chi connectivity index (χ4v) is 4.56. The van der Waals surface area contributed by atoms with E-state index in [9.17, 15) is 14.9 Å². The van der Waals surface area contributed by atoms with Crippen molar-refractivity contribution in [3.05, 3.63) is 69.8 Å². The molecule has 0 radical (unpaired) electrons. The average Bonchev–Trinajstić information content (AvgIpc) is 3.15. The van der Waals surface area contributed by atoms with E-state index in [2.05, 4.69) is 30.9 Å². The van der Waals surface area contributed by atoms with Crippen molar-refractivity contribution in [2.24, 2.45) is 11.8 Å². The highest BCUT2D eigenvalue weighted by molar-refractivity contribution is 5.73. The number of likely N-dealkylation sites (tertiary alicyclic amines) is 1. The summed E-state index contributed by atoms with van der Waals surface area (Å²) in [5, 5.41) is 10.9. The Morgan fingerprint density at radius 2 is 1.94 bits per heavy atom. The fraction of sp³-hybridized carbons (Fsp3) is 0.480. The zero-order chi connectivity index (χ0) is 23.3. The molecule has 3 rings (SSSR count). The van der Waals surface area contributed by atoms with Gasteiger partial charge in [0.05, 0.1) is 12.0 Å². The monoisotopic (exact) mass is 439 g/mol. The molecule has 1 aliphatic heterocycles. The predicted molar refractivity (Wildman–Crippen MR) is 125 cm³/mol. The van der Waals surface area contributed by atoms with Crippen molar-refractivity contribution in [2.45, 2.75) is 33.2 Å². The second kappa shape index (κ2) is 10.6. The number of rotatable bonds is 9. The molecule has 1 amide bonds. The molecule has 2 aromatic carbocycles. The Bertz CT molecular complexity index is 929. The molecular formula is C25H33N3O4. The van der Waals surface area contributed by atoms with Crippen LogP contribution < -0.4 is 4.74 Å². The highest BCUT2D eigenvalue weighted by Gasteiger charge is 2.35. The van der Waals surface area contributed by atoms with Crippen LogP contribution in [0, 0.1) is 22.0 Å². The van der Waals surface area contributed by atoms with Gasteiger partial charge >= 0.3 is 0 Å². The number of nitro benzene ring substituents is 1. The molecule has 1 aliphatic rings. The first-order valence-electron chi connectivity index (χ1n) is 11.1. The Morgan fingerprint density at radius 3 is 2.53 bits per heavy atom. The minimum absolute atomic E-state index is 0.105. The van der Waals surface area contributed by atoms with E-state index in [0.29, 0.717) is 18.4 Å². The van der Waals surface area contributed by atoms with Crippen molar-refractivity contribution in [3.8, 4) is 5.75 Å². The largest absolute Gasteiger partial charge is 0.497 e. The molecule has 2 aromatic rings. The lowest BCUT2D eigenvalue weighted by Gasteiger charge is -2.29. The van der Waals surface area contributed by atoms with E-state index in [0.717, 1.165) is 37.5 Å². The van der Waals surface area contributed by atoms with E-state index in [1.165, 1.54) is 5.56 Å². The molecule has 1 saturated heterocycles. The fourth-order valence-electron chi connectivity index (χ4n) is 4.56. The molecule has 7 heteroatoms. The first kappa shape index (κ1) is 23.7. The molecule has 7 nitrogen and oxygen atoms in total. The van der Waals surface area contributed by atoms with Crippen LogP contribution in [0.3, 0.4) is 0 Å². The summed E-state index contributed by atoms with van der Waals surface area (Å²) < 4.78 is 5.44. The van der Waals surface area contributed by atoms with Crippen LogP contribution >= 0.6 is 0 Å². The maximum atomic E-state index is 12.3. The molecule has 0 aliphatic carbocycles. The van der Waals surface area contributed by atoms with Crippen molar-refractivity contribution >= 4 is 11.6 Å². The maximum absolute atomic E-state index is 12.3. The van der Waals surface area contributed by atoms with E-state index < -0.39 is 0 Å². The molecule has 1 heterocycles. The lowest BCUT2D eigenvalue weighted by molar-refractivity contribution is -0.384. The summed E-state index contributed by atoms with van der Waals surface area (Å²) in [7, 11) is 1.67. The number of nitrogens with zero attached hydrogens (tertiary/aromatic N) is 3. The zero-order valence-electron chi connectivity index (χ0n) is 19.4. The molecule has 0 bridgehead atoms. The Balaban J connectivity index is 1.80. The number of benzene rings is 2. The Hall–Kier alpha value is -2.93. The summed E-state index contributed by atoms with van der Waals surface area (Å²) in [5.74, 6) is 1.92. The van der Waals surface area contributed by atoms with Crippen molar-refractivity contribution in [3.63, 3.8) is 0 Å². The molecule has 1 fully saturated rings. The number of hydrogen-bond acceptors (Lipinski definition) is 5. The van der Waals surface area contributed by atoms with Crippen molar-refractivity contribution in [1.82, 2.24) is 9.80 Å². The minimum Gasteiger partial charge on any atom is -0.497 e. The van der Waals surface area contributed by atoms with E-state index in [1.54, 1.807) is 26.2 Å². The summed E-state index contributed by atoms with van der Waals surface area (Å²) in [5.41, 5.74) is 2.37. The topological polar surface area (TPSA) is 75.9 Å². The molecule has 0 N–H and O–H groups in total. The van der Waals surface area contributed by atoms with Gasteiger partial charge in [-0.05, 0) is 35.1 Å². The van der Waals surface area contributed by atoms with Gasteiger partial charge in [0.1, 0.15) is 5.75 Å². The van der Waals surface area contributed by atoms with Gasteiger partial charge in [-0.1, -0.05) is 38.1 Å². The van der Waals surface area contributed by atoms with E-state index in [1.807, 2.05) is 29.2 Å². The molecule has 0 spiro atoms. The minimum atomic E-state index is -0.375. The van der Waals surface area contributed by atoms with Gasteiger partial charge in [0.15, 0.2) is 0 Å². The Labute approximate surface area is 190 Å². The van der Waals surface area contributed by atoms with Gasteiger partial charge in [-0.2, -0.15) is 0 Å². The summed E-state index contributed by atoms with van der Waals surface area (Å²) in [4.78, 5) is 27.2. The quantitative estimate of drug-likeness (QED) is 0.430. The van der Waals surface area contributed by atoms with Crippen molar-refractivity contribution in [2.75, 3.05) is 33.3 Å². The van der Waals surface area contributed by atoms with Gasteiger partial charge in [-0.25, -0.2) is 0 Å². The van der Waals surface area contributed by atoms with Crippen LogP contribution in [-0.2, 0) is 11.3 Å². The molecule has 2 atom stereocenters. The number of carbonyl (C=O) groups is 1. The highest BCUT2D eigenvalue weighted by atomic mass is 16.6. The number of carbonyl (C=O) groups excluding carboxylic acids is 1. The highest BCUT2D eigenvalue weighted by Crippen LogP contribution is 2.35. The summed E-state index contributed by atoms with van der Waals surface area (Å²) in [6.07, 6.45) is 0. The molecule has 172 valence electrons. The number of ether oxygens (including phenoxy) is 1. The van der Waals surface area contributed by atoms with Crippen LogP contribution in [0.5, 0.6) is 5.75 Å². The number of non-ortho nitro benzene ring substituents is 1. The van der Waals surface area contributed by atoms with E-state index in [4.69, 9.17) is 4.74 Å². The SMILES string of the molecule is COc1cccc([C@H]2CN(Cc3ccc([N+](=O)[O-])cc3)C[C@H]2CN(CC(C)C)C(C)=O)c1. The lowest BCUT2D eigenvalue weighted by atomic mass is 9.88. The van der Waals surface area contributed by atoms with Crippen LogP contribution in [-0.4, -0.2) is 53.9 Å². The first-order chi connectivity index (χ1) is 15.3. The number of methoxy groups -OCH3 is 1. The van der Waals surface area contributed by atoms with Gasteiger partial charge < -0.3 is 9.64 Å². The number of amides is 1. The second-order valence-electron chi connectivity index (χ2n) is 9.08. The van der Waals surface area contributed by atoms with Crippen LogP contribution in [0.15, 0.2) is 48.5 Å². The third-order valence-electron chi connectivity index (χ3n) is 6.08. The molecule has 0 unspecified atom stereocenters. The molecule has 0 saturated carbocycles. The van der Waals surface area contributed by atoms with Gasteiger partial charge in [0.2, 0.25) is 5.91 Å². The third kappa shape index (κ3) is 6.07. The zero-order valence-corrected chi connectivity index (χ0v) is 19.4. The van der Waals surface area contributed by atoms with Gasteiger partial charge in [-0.15, -0.1) is 0 Å². The first-order valence-corrected chi connectivity index (χ1v) is 11.1. The van der Waals surface area contributed by atoms with Crippen LogP contribution in [0.1, 0.15) is 37.8 Å². The standard InChI is InChI=1S/C25H33N3O4/c1-18(2)13-27(19(3)29)16-22-15-26(14-20-8-10-23(11-9-20)28(30)31)17-25(22)21-6-5-7-24(12-21)32-4/h5-12,18,22,25H,13-17H2,1-4H3/t22-,25+/m0/s1. The van der Waals surface area contributed by atoms with E-state index in [-0.39, 0.29) is 22.4 Å². The van der Waals surface area contributed by atoms with Gasteiger partial charge in [0, 0.05) is 57.7 Å². The van der Waals surface area contributed by atoms with E-state index >= 15 is 0 Å². The Morgan fingerprint density at radius 1 is 1.22 bits per heavy atom. The molecular weight excluding hydrogens is 406 g/mol. The third-order valence-corrected chi connectivity index (χ3v) is 6.08. The summed E-state index contributed by atoms with van der Waals surface area (Å²) >= 11 is 0. The average molecular weight is 440 g/mol. The molecule has 0 aromatic heterocycles. The Kier molecular flexibility index (Phi) is 7.85. The van der Waals surface area contributed by atoms with Crippen molar-refractivity contribution in [1.29, 1.82) is 0 Å².